The molecule has 0 saturated carbocycles. The number of hydrogen-bond donors (Lipinski definition) is 4. The fourth-order valence-electron chi connectivity index (χ4n) is 3.62. The Balaban J connectivity index is 1.50. The van der Waals surface area contributed by atoms with Crippen LogP contribution in [-0.4, -0.2) is 34.4 Å². The largest absolute Gasteiger partial charge is 0.462 e. The van der Waals surface area contributed by atoms with E-state index in [4.69, 9.17) is 4.74 Å². The summed E-state index contributed by atoms with van der Waals surface area (Å²) < 4.78 is 5.17. The van der Waals surface area contributed by atoms with Crippen LogP contribution in [0.2, 0.25) is 0 Å². The molecular formula is C25H25N5O5. The van der Waals surface area contributed by atoms with Crippen molar-refractivity contribution in [3.63, 3.8) is 0 Å². The molecule has 0 fully saturated rings. The number of hydrogen-bond acceptors (Lipinski definition) is 7. The maximum Gasteiger partial charge on any atom is 0.338 e. The van der Waals surface area contributed by atoms with Gasteiger partial charge in [0.1, 0.15) is 5.82 Å². The minimum Gasteiger partial charge on any atom is -0.462 e. The van der Waals surface area contributed by atoms with Gasteiger partial charge in [0.2, 0.25) is 17.8 Å². The van der Waals surface area contributed by atoms with Crippen LogP contribution >= 0.6 is 0 Å². The number of amides is 2. The first-order valence-electron chi connectivity index (χ1n) is 11.3. The van der Waals surface area contributed by atoms with Crippen LogP contribution < -0.4 is 21.5 Å². The van der Waals surface area contributed by atoms with Gasteiger partial charge in [-0.2, -0.15) is 4.98 Å². The van der Waals surface area contributed by atoms with Crippen molar-refractivity contribution in [1.29, 1.82) is 0 Å². The number of carbonyl (C=O) groups is 3. The summed E-state index contributed by atoms with van der Waals surface area (Å²) in [5, 5.41) is 8.25. The number of esters is 1. The summed E-state index contributed by atoms with van der Waals surface area (Å²) in [5.74, 6) is -2.25. The first-order valence-corrected chi connectivity index (χ1v) is 11.3. The van der Waals surface area contributed by atoms with Crippen molar-refractivity contribution in [2.75, 3.05) is 22.6 Å². The molecule has 4 N–H and O–H groups in total. The second-order valence-electron chi connectivity index (χ2n) is 8.03. The third-order valence-corrected chi connectivity index (χ3v) is 5.42. The zero-order valence-corrected chi connectivity index (χ0v) is 19.1. The van der Waals surface area contributed by atoms with Crippen LogP contribution in [0.3, 0.4) is 0 Å². The van der Waals surface area contributed by atoms with Crippen molar-refractivity contribution in [3.8, 4) is 0 Å². The number of ether oxygens (including phenoxy) is 1. The number of aromatic nitrogens is 2. The molecule has 0 aliphatic carbocycles. The Morgan fingerprint density at radius 3 is 2.51 bits per heavy atom. The highest BCUT2D eigenvalue weighted by atomic mass is 16.5. The van der Waals surface area contributed by atoms with E-state index >= 15 is 0 Å². The van der Waals surface area contributed by atoms with Crippen molar-refractivity contribution in [2.24, 2.45) is 0 Å². The molecule has 10 heteroatoms. The van der Waals surface area contributed by atoms with E-state index < -0.39 is 29.3 Å². The molecular weight excluding hydrogens is 450 g/mol. The molecule has 10 nitrogen and oxygen atoms in total. The lowest BCUT2D eigenvalue weighted by molar-refractivity contribution is -0.123. The van der Waals surface area contributed by atoms with Gasteiger partial charge in [0.05, 0.1) is 23.7 Å². The minimum atomic E-state index is -1.03. The fraction of sp³-hybridized carbons (Fsp3) is 0.240. The molecule has 2 heterocycles. The quantitative estimate of drug-likeness (QED) is 0.288. The van der Waals surface area contributed by atoms with E-state index in [1.54, 1.807) is 36.4 Å². The molecule has 1 atom stereocenters. The first-order chi connectivity index (χ1) is 16.9. The summed E-state index contributed by atoms with van der Waals surface area (Å²) in [5.41, 5.74) is 1.03. The Hall–Kier alpha value is -4.47. The molecule has 2 aromatic carbocycles. The number of nitrogens with zero attached hydrogens (tertiary/aromatic N) is 1. The number of unbranched alkanes of at least 4 members (excludes halogenated alkanes) is 1. The predicted molar refractivity (Wildman–Crippen MR) is 131 cm³/mol. The van der Waals surface area contributed by atoms with Gasteiger partial charge in [-0.15, -0.1) is 0 Å². The second kappa shape index (κ2) is 10.6. The van der Waals surface area contributed by atoms with Crippen LogP contribution in [0.5, 0.6) is 0 Å². The molecule has 1 aliphatic rings. The Morgan fingerprint density at radius 1 is 1.06 bits per heavy atom. The van der Waals surface area contributed by atoms with Gasteiger partial charge in [0.25, 0.3) is 5.56 Å². The molecule has 0 bridgehead atoms. The van der Waals surface area contributed by atoms with E-state index in [0.717, 1.165) is 12.8 Å². The maximum absolute atomic E-state index is 13.0. The van der Waals surface area contributed by atoms with Crippen LogP contribution in [0.15, 0.2) is 59.4 Å². The number of nitrogens with one attached hydrogen (secondary N) is 4. The van der Waals surface area contributed by atoms with E-state index in [-0.39, 0.29) is 23.8 Å². The SMILES string of the molecule is CCCCOC(=O)c1ccc(NC(=O)[C@@H]2CC(=O)Nc3nc(Nc4ccccc4)[nH]c(=O)c32)cc1. The summed E-state index contributed by atoms with van der Waals surface area (Å²) in [6.07, 6.45) is 1.51. The van der Waals surface area contributed by atoms with Gasteiger partial charge >= 0.3 is 5.97 Å². The molecule has 0 saturated heterocycles. The number of aromatic amines is 1. The number of para-hydroxylation sites is 1. The van der Waals surface area contributed by atoms with Crippen molar-refractivity contribution in [2.45, 2.75) is 32.1 Å². The normalized spacial score (nSPS) is 14.4. The number of H-pyrrole nitrogens is 1. The number of fused-ring (bicyclic) bond motifs is 1. The number of benzene rings is 2. The summed E-state index contributed by atoms with van der Waals surface area (Å²) in [6.45, 7) is 2.35. The van der Waals surface area contributed by atoms with E-state index in [2.05, 4.69) is 25.9 Å². The topological polar surface area (TPSA) is 142 Å². The lowest BCUT2D eigenvalue weighted by Gasteiger charge is -2.23. The summed E-state index contributed by atoms with van der Waals surface area (Å²) in [6, 6.07) is 15.3. The van der Waals surface area contributed by atoms with Crippen molar-refractivity contribution < 1.29 is 19.1 Å². The molecule has 2 amide bonds. The molecule has 0 radical (unpaired) electrons. The zero-order chi connectivity index (χ0) is 24.8. The molecule has 3 aromatic rings. The van der Waals surface area contributed by atoms with Gasteiger partial charge in [0, 0.05) is 17.8 Å². The smallest absolute Gasteiger partial charge is 0.338 e. The van der Waals surface area contributed by atoms with Crippen LogP contribution in [0.1, 0.15) is 48.0 Å². The third kappa shape index (κ3) is 5.72. The van der Waals surface area contributed by atoms with Crippen molar-refractivity contribution >= 4 is 40.9 Å². The number of carbonyl (C=O) groups excluding carboxylic acids is 3. The van der Waals surface area contributed by atoms with E-state index in [1.165, 1.54) is 0 Å². The Kier molecular flexibility index (Phi) is 7.20. The summed E-state index contributed by atoms with van der Waals surface area (Å²) in [7, 11) is 0. The Morgan fingerprint density at radius 2 is 1.80 bits per heavy atom. The number of anilines is 4. The summed E-state index contributed by atoms with van der Waals surface area (Å²) >= 11 is 0. The lowest BCUT2D eigenvalue weighted by atomic mass is 9.92. The van der Waals surface area contributed by atoms with Gasteiger partial charge in [-0.05, 0) is 42.8 Å². The average molecular weight is 476 g/mol. The highest BCUT2D eigenvalue weighted by molar-refractivity contribution is 6.04. The van der Waals surface area contributed by atoms with Crippen LogP contribution in [0.25, 0.3) is 0 Å². The fourth-order valence-corrected chi connectivity index (χ4v) is 3.62. The predicted octanol–water partition coefficient (Wildman–Crippen LogP) is 3.53. The molecule has 35 heavy (non-hydrogen) atoms. The molecule has 0 spiro atoms. The average Bonchev–Trinajstić information content (AvgIpc) is 2.84. The van der Waals surface area contributed by atoms with E-state index in [0.29, 0.717) is 23.5 Å². The molecule has 4 rings (SSSR count). The van der Waals surface area contributed by atoms with Crippen molar-refractivity contribution in [3.05, 3.63) is 76.1 Å². The van der Waals surface area contributed by atoms with Gasteiger partial charge in [-0.3, -0.25) is 19.4 Å². The van der Waals surface area contributed by atoms with Gasteiger partial charge in [-0.1, -0.05) is 31.5 Å². The standard InChI is InChI=1S/C25H25N5O5/c1-2-3-13-35-24(34)15-9-11-17(12-10-15)26-22(32)18-14-19(31)28-21-20(18)23(33)30-25(29-21)27-16-7-5-4-6-8-16/h4-12,18H,2-3,13-14H2,1H3,(H,26,32)(H3,27,28,29,30,31,33)/t18-/m1/s1. The highest BCUT2D eigenvalue weighted by Gasteiger charge is 2.34. The molecule has 0 unspecified atom stereocenters. The summed E-state index contributed by atoms with van der Waals surface area (Å²) in [4.78, 5) is 57.1. The lowest BCUT2D eigenvalue weighted by Crippen LogP contribution is -2.36. The van der Waals surface area contributed by atoms with Gasteiger partial charge < -0.3 is 20.7 Å². The molecule has 1 aromatic heterocycles. The van der Waals surface area contributed by atoms with E-state index in [9.17, 15) is 19.2 Å². The third-order valence-electron chi connectivity index (χ3n) is 5.42. The highest BCUT2D eigenvalue weighted by Crippen LogP contribution is 2.30. The first kappa shape index (κ1) is 23.7. The second-order valence-corrected chi connectivity index (χ2v) is 8.03. The van der Waals surface area contributed by atoms with Crippen molar-refractivity contribution in [1.82, 2.24) is 9.97 Å². The molecule has 180 valence electrons. The van der Waals surface area contributed by atoms with Crippen LogP contribution in [0, 0.1) is 0 Å². The van der Waals surface area contributed by atoms with Crippen LogP contribution in [-0.2, 0) is 14.3 Å². The van der Waals surface area contributed by atoms with Crippen LogP contribution in [0.4, 0.5) is 23.1 Å². The Labute approximate surface area is 201 Å². The van der Waals surface area contributed by atoms with E-state index in [1.807, 2.05) is 25.1 Å². The molecule has 1 aliphatic heterocycles. The monoisotopic (exact) mass is 475 g/mol. The van der Waals surface area contributed by atoms with Gasteiger partial charge in [-0.25, -0.2) is 4.79 Å². The maximum atomic E-state index is 13.0. The Bertz CT molecular complexity index is 1290. The zero-order valence-electron chi connectivity index (χ0n) is 19.1. The van der Waals surface area contributed by atoms with Gasteiger partial charge in [0.15, 0.2) is 0 Å². The number of rotatable bonds is 8. The minimum absolute atomic E-state index is 0.0359.